The van der Waals surface area contributed by atoms with Gasteiger partial charge >= 0.3 is 142 Å². The number of hydrazine groups is 1. The Morgan fingerprint density at radius 2 is 1.70 bits per heavy atom. The molecular weight excluding hydrogens is 355 g/mol. The molecule has 2 aliphatic heterocycles. The molecule has 0 aliphatic carbocycles. The van der Waals surface area contributed by atoms with Crippen molar-refractivity contribution in [2.45, 2.75) is 16.3 Å². The molecule has 2 heterocycles. The molecule has 0 N–H and O–H groups in total. The molecule has 2 atom stereocenters. The number of methoxy groups -OCH3 is 1. The van der Waals surface area contributed by atoms with E-state index in [0.29, 0.717) is 11.4 Å². The van der Waals surface area contributed by atoms with Crippen LogP contribution in [0.3, 0.4) is 0 Å². The van der Waals surface area contributed by atoms with Crippen LogP contribution in [0.15, 0.2) is 54.6 Å². The van der Waals surface area contributed by atoms with Gasteiger partial charge in [0.15, 0.2) is 0 Å². The monoisotopic (exact) mass is 374 g/mol. The van der Waals surface area contributed by atoms with E-state index < -0.39 is 0 Å². The summed E-state index contributed by atoms with van der Waals surface area (Å²) in [6.45, 7) is 0.826. The summed E-state index contributed by atoms with van der Waals surface area (Å²) in [7, 11) is 1.67. The van der Waals surface area contributed by atoms with E-state index in [1.54, 1.807) is 7.11 Å². The van der Waals surface area contributed by atoms with Gasteiger partial charge in [-0.2, -0.15) is 0 Å². The average molecular weight is 373 g/mol. The predicted octanol–water partition coefficient (Wildman–Crippen LogP) is 2.56. The zero-order valence-corrected chi connectivity index (χ0v) is 14.6. The van der Waals surface area contributed by atoms with Crippen molar-refractivity contribution in [2.75, 3.05) is 13.7 Å². The molecule has 0 radical (unpaired) electrons. The number of hydrogen-bond donors (Lipinski definition) is 0. The molecule has 4 rings (SSSR count). The normalized spacial score (nSPS) is 24.0. The Hall–Kier alpha value is -1.81. The van der Waals surface area contributed by atoms with Crippen molar-refractivity contribution in [2.24, 2.45) is 0 Å². The number of carbonyl (C=O) groups is 1. The van der Waals surface area contributed by atoms with Crippen LogP contribution in [0.5, 0.6) is 5.75 Å². The Kier molecular flexibility index (Phi) is 3.85. The van der Waals surface area contributed by atoms with Gasteiger partial charge in [-0.3, -0.25) is 0 Å². The van der Waals surface area contributed by atoms with Crippen molar-refractivity contribution in [1.29, 1.82) is 0 Å². The first kappa shape index (κ1) is 14.8. The van der Waals surface area contributed by atoms with Gasteiger partial charge in [0.1, 0.15) is 0 Å². The molecule has 2 aromatic carbocycles. The van der Waals surface area contributed by atoms with Gasteiger partial charge in [-0.05, 0) is 0 Å². The first-order chi connectivity index (χ1) is 11.3. The summed E-state index contributed by atoms with van der Waals surface area (Å²) in [5.74, 6) is 1.09. The van der Waals surface area contributed by atoms with E-state index in [-0.39, 0.29) is 25.8 Å². The van der Waals surface area contributed by atoms with Crippen molar-refractivity contribution in [3.8, 4) is 5.75 Å². The minimum absolute atomic E-state index is 0.175. The number of carbonyl (C=O) groups excluding carboxylic acids is 1. The topological polar surface area (TPSA) is 32.8 Å². The zero-order valence-electron chi connectivity index (χ0n) is 12.9. The van der Waals surface area contributed by atoms with Crippen molar-refractivity contribution < 1.29 is 9.53 Å². The average Bonchev–Trinajstić information content (AvgIpc) is 3.17. The molecule has 23 heavy (non-hydrogen) atoms. The molecule has 2 aromatic rings. The van der Waals surface area contributed by atoms with E-state index in [0.717, 1.165) is 12.3 Å². The summed E-state index contributed by atoms with van der Waals surface area (Å²) in [5.41, 5.74) is 2.51. The molecule has 0 aromatic heterocycles. The molecule has 1 amide bonds. The van der Waals surface area contributed by atoms with Crippen LogP contribution in [0.2, 0.25) is 0 Å². The first-order valence-electron chi connectivity index (χ1n) is 7.71. The number of ether oxygens (including phenoxy) is 1. The number of benzene rings is 2. The van der Waals surface area contributed by atoms with Gasteiger partial charge in [-0.25, -0.2) is 0 Å². The molecule has 0 spiro atoms. The van der Waals surface area contributed by atoms with Gasteiger partial charge in [-0.15, -0.1) is 0 Å². The number of hydrogen-bond acceptors (Lipinski definition) is 3. The standard InChI is InChI=1S/C18H18N2O2Se/c1-22-15-9-7-14(8-10-15)18-20-16(21)11-12-19(20)17(23-18)13-5-3-2-4-6-13/h2-10,17-18H,11-12H2,1H3. The second-order valence-electron chi connectivity index (χ2n) is 5.68. The second-order valence-corrected chi connectivity index (χ2v) is 8.12. The number of fused-ring (bicyclic) bond motifs is 1. The van der Waals surface area contributed by atoms with Gasteiger partial charge in [0.05, 0.1) is 0 Å². The molecule has 2 unspecified atom stereocenters. The zero-order chi connectivity index (χ0) is 15.8. The van der Waals surface area contributed by atoms with Gasteiger partial charge < -0.3 is 0 Å². The molecule has 5 heteroatoms. The minimum atomic E-state index is 0.175. The molecule has 4 nitrogen and oxygen atoms in total. The molecule has 0 saturated carbocycles. The third-order valence-electron chi connectivity index (χ3n) is 4.32. The predicted molar refractivity (Wildman–Crippen MR) is 88.8 cm³/mol. The Morgan fingerprint density at radius 3 is 2.39 bits per heavy atom. The number of nitrogens with zero attached hydrogens (tertiary/aromatic N) is 2. The van der Waals surface area contributed by atoms with E-state index >= 15 is 0 Å². The van der Waals surface area contributed by atoms with E-state index in [1.807, 2.05) is 23.2 Å². The van der Waals surface area contributed by atoms with Gasteiger partial charge in [0, 0.05) is 0 Å². The van der Waals surface area contributed by atoms with Crippen LogP contribution in [0.4, 0.5) is 0 Å². The van der Waals surface area contributed by atoms with Crippen LogP contribution < -0.4 is 4.74 Å². The van der Waals surface area contributed by atoms with Crippen LogP contribution >= 0.6 is 0 Å². The summed E-state index contributed by atoms with van der Waals surface area (Å²) in [6.07, 6.45) is 0.617. The van der Waals surface area contributed by atoms with Crippen LogP contribution in [0.25, 0.3) is 0 Å². The van der Waals surface area contributed by atoms with E-state index in [1.165, 1.54) is 11.1 Å². The number of rotatable bonds is 3. The molecule has 2 aliphatic rings. The Labute approximate surface area is 142 Å². The van der Waals surface area contributed by atoms with E-state index in [2.05, 4.69) is 41.4 Å². The van der Waals surface area contributed by atoms with Crippen molar-refractivity contribution in [1.82, 2.24) is 10.0 Å². The molecule has 2 saturated heterocycles. The fraction of sp³-hybridized carbons (Fsp3) is 0.278. The second kappa shape index (κ2) is 6.00. The molecule has 0 bridgehead atoms. The van der Waals surface area contributed by atoms with Crippen LogP contribution in [-0.4, -0.2) is 44.5 Å². The van der Waals surface area contributed by atoms with E-state index in [9.17, 15) is 4.79 Å². The first-order valence-corrected chi connectivity index (χ1v) is 9.69. The Balaban J connectivity index is 1.68. The number of amides is 1. The van der Waals surface area contributed by atoms with Gasteiger partial charge in [0.25, 0.3) is 0 Å². The fourth-order valence-corrected chi connectivity index (χ4v) is 6.48. The summed E-state index contributed by atoms with van der Waals surface area (Å²) in [5, 5.41) is 4.27. The van der Waals surface area contributed by atoms with Crippen LogP contribution in [-0.2, 0) is 4.79 Å². The van der Waals surface area contributed by atoms with Crippen molar-refractivity contribution in [3.63, 3.8) is 0 Å². The summed E-state index contributed by atoms with van der Waals surface area (Å²) >= 11 is 0.270. The fourth-order valence-electron chi connectivity index (χ4n) is 3.18. The van der Waals surface area contributed by atoms with Crippen molar-refractivity contribution in [3.05, 3.63) is 65.7 Å². The Morgan fingerprint density at radius 1 is 1.00 bits per heavy atom. The quantitative estimate of drug-likeness (QED) is 0.776. The molecular formula is C18H18N2O2Se. The molecule has 2 fully saturated rings. The molecule has 118 valence electrons. The summed E-state index contributed by atoms with van der Waals surface area (Å²) < 4.78 is 5.24. The third kappa shape index (κ3) is 2.55. The van der Waals surface area contributed by atoms with E-state index in [4.69, 9.17) is 4.74 Å². The maximum absolute atomic E-state index is 12.4. The maximum atomic E-state index is 12.4. The van der Waals surface area contributed by atoms with Crippen LogP contribution in [0, 0.1) is 0 Å². The third-order valence-corrected chi connectivity index (χ3v) is 7.48. The van der Waals surface area contributed by atoms with Crippen LogP contribution in [0.1, 0.15) is 27.4 Å². The summed E-state index contributed by atoms with van der Waals surface area (Å²) in [4.78, 5) is 12.9. The SMILES string of the molecule is COc1ccc(C2[Se]C(c3ccccc3)N3CCC(=O)N23)cc1. The van der Waals surface area contributed by atoms with Crippen molar-refractivity contribution >= 4 is 20.9 Å². The Bertz CT molecular complexity index is 705. The van der Waals surface area contributed by atoms with Gasteiger partial charge in [0.2, 0.25) is 0 Å². The summed E-state index contributed by atoms with van der Waals surface area (Å²) in [6, 6.07) is 18.7. The van der Waals surface area contributed by atoms with Gasteiger partial charge in [-0.1, -0.05) is 0 Å².